The fourth-order valence-electron chi connectivity index (χ4n) is 1.23. The number of urea groups is 1. The molecule has 0 radical (unpaired) electrons. The third-order valence-corrected chi connectivity index (χ3v) is 2.10. The molecule has 0 aromatic rings. The van der Waals surface area contributed by atoms with Gasteiger partial charge in [0.1, 0.15) is 0 Å². The summed E-state index contributed by atoms with van der Waals surface area (Å²) in [6.07, 6.45) is 7.17. The molecule has 3 nitrogen and oxygen atoms in total. The average molecular weight is 200 g/mol. The molecule has 2 N–H and O–H groups in total. The average Bonchev–Trinajstić information content (AvgIpc) is 2.20. The number of unbranched alkanes of at least 4 members (excludes halogenated alkanes) is 4. The van der Waals surface area contributed by atoms with Gasteiger partial charge in [0.25, 0.3) is 0 Å². The molecule has 0 aliphatic carbocycles. The minimum Gasteiger partial charge on any atom is -0.338 e. The van der Waals surface area contributed by atoms with E-state index in [-0.39, 0.29) is 6.03 Å². The van der Waals surface area contributed by atoms with Crippen LogP contribution in [0.25, 0.3) is 0 Å². The van der Waals surface area contributed by atoms with Gasteiger partial charge in [-0.05, 0) is 12.8 Å². The van der Waals surface area contributed by atoms with Crippen molar-refractivity contribution in [2.75, 3.05) is 13.1 Å². The molecule has 0 aromatic carbocycles. The van der Waals surface area contributed by atoms with Gasteiger partial charge in [0.05, 0.1) is 0 Å². The molecule has 0 bridgehead atoms. The summed E-state index contributed by atoms with van der Waals surface area (Å²) < 4.78 is 0. The first-order valence-electron chi connectivity index (χ1n) is 5.83. The van der Waals surface area contributed by atoms with E-state index in [4.69, 9.17) is 0 Å². The molecule has 2 amide bonds. The van der Waals surface area contributed by atoms with Crippen molar-refractivity contribution in [2.45, 2.75) is 52.4 Å². The van der Waals surface area contributed by atoms with Crippen LogP contribution in [0.4, 0.5) is 4.79 Å². The number of nitrogens with one attached hydrogen (secondary N) is 2. The summed E-state index contributed by atoms with van der Waals surface area (Å²) in [4.78, 5) is 11.1. The van der Waals surface area contributed by atoms with Crippen LogP contribution in [-0.4, -0.2) is 19.1 Å². The number of carbonyl (C=O) groups is 1. The van der Waals surface area contributed by atoms with E-state index in [0.717, 1.165) is 25.9 Å². The van der Waals surface area contributed by atoms with Gasteiger partial charge in [-0.3, -0.25) is 0 Å². The van der Waals surface area contributed by atoms with Crippen LogP contribution in [0.3, 0.4) is 0 Å². The van der Waals surface area contributed by atoms with Gasteiger partial charge in [-0.15, -0.1) is 0 Å². The second-order valence-corrected chi connectivity index (χ2v) is 3.60. The lowest BCUT2D eigenvalue weighted by Gasteiger charge is -2.05. The number of carbonyl (C=O) groups excluding carboxylic acids is 1. The molecule has 0 aliphatic heterocycles. The van der Waals surface area contributed by atoms with Crippen LogP contribution in [-0.2, 0) is 0 Å². The first-order valence-corrected chi connectivity index (χ1v) is 5.83. The normalized spacial score (nSPS) is 9.86. The standard InChI is InChI=1S/C11H24N2O/c1-3-5-6-7-8-10-13-11(14)12-9-4-2/h3-10H2,1-2H3,(H2,12,13,14). The van der Waals surface area contributed by atoms with Crippen molar-refractivity contribution in [3.63, 3.8) is 0 Å². The fraction of sp³-hybridized carbons (Fsp3) is 0.909. The van der Waals surface area contributed by atoms with Crippen LogP contribution in [0.15, 0.2) is 0 Å². The quantitative estimate of drug-likeness (QED) is 0.581. The highest BCUT2D eigenvalue weighted by Gasteiger charge is 1.96. The molecule has 0 saturated heterocycles. The maximum absolute atomic E-state index is 11.1. The monoisotopic (exact) mass is 200 g/mol. The molecule has 0 aromatic heterocycles. The highest BCUT2D eigenvalue weighted by atomic mass is 16.2. The summed E-state index contributed by atoms with van der Waals surface area (Å²) in [5.74, 6) is 0. The van der Waals surface area contributed by atoms with E-state index in [1.54, 1.807) is 0 Å². The van der Waals surface area contributed by atoms with Crippen molar-refractivity contribution in [1.29, 1.82) is 0 Å². The third kappa shape index (κ3) is 9.36. The van der Waals surface area contributed by atoms with E-state index in [0.29, 0.717) is 0 Å². The van der Waals surface area contributed by atoms with Gasteiger partial charge in [0, 0.05) is 13.1 Å². The first-order chi connectivity index (χ1) is 6.81. The van der Waals surface area contributed by atoms with Crippen LogP contribution < -0.4 is 10.6 Å². The summed E-state index contributed by atoms with van der Waals surface area (Å²) in [5.41, 5.74) is 0. The summed E-state index contributed by atoms with van der Waals surface area (Å²) in [7, 11) is 0. The molecule has 84 valence electrons. The zero-order valence-electron chi connectivity index (χ0n) is 9.57. The van der Waals surface area contributed by atoms with E-state index in [1.807, 2.05) is 6.92 Å². The van der Waals surface area contributed by atoms with Gasteiger partial charge in [-0.2, -0.15) is 0 Å². The maximum Gasteiger partial charge on any atom is 0.314 e. The Morgan fingerprint density at radius 1 is 0.857 bits per heavy atom. The molecule has 0 aliphatic rings. The Morgan fingerprint density at radius 3 is 2.14 bits per heavy atom. The van der Waals surface area contributed by atoms with Crippen molar-refractivity contribution in [3.8, 4) is 0 Å². The number of hydrogen-bond donors (Lipinski definition) is 2. The van der Waals surface area contributed by atoms with Gasteiger partial charge in [-0.1, -0.05) is 39.5 Å². The van der Waals surface area contributed by atoms with Crippen molar-refractivity contribution >= 4 is 6.03 Å². The molecule has 0 fully saturated rings. The van der Waals surface area contributed by atoms with Crippen LogP contribution in [0.5, 0.6) is 0 Å². The molecule has 0 spiro atoms. The van der Waals surface area contributed by atoms with E-state index in [1.165, 1.54) is 25.7 Å². The molecule has 3 heteroatoms. The molecule has 14 heavy (non-hydrogen) atoms. The minimum absolute atomic E-state index is 0.0256. The predicted octanol–water partition coefficient (Wildman–Crippen LogP) is 2.67. The number of hydrogen-bond acceptors (Lipinski definition) is 1. The van der Waals surface area contributed by atoms with Gasteiger partial charge >= 0.3 is 6.03 Å². The molecule has 0 unspecified atom stereocenters. The fourth-order valence-corrected chi connectivity index (χ4v) is 1.23. The van der Waals surface area contributed by atoms with Crippen LogP contribution in [0.1, 0.15) is 52.4 Å². The summed E-state index contributed by atoms with van der Waals surface area (Å²) in [6.45, 7) is 5.82. The SMILES string of the molecule is CCCCCCCNC(=O)NCCC. The Balaban J connectivity index is 3.07. The zero-order valence-corrected chi connectivity index (χ0v) is 9.57. The Kier molecular flexibility index (Phi) is 9.81. The van der Waals surface area contributed by atoms with E-state index in [9.17, 15) is 4.79 Å². The molecular weight excluding hydrogens is 176 g/mol. The van der Waals surface area contributed by atoms with Crippen LogP contribution in [0, 0.1) is 0 Å². The van der Waals surface area contributed by atoms with Gasteiger partial charge in [0.15, 0.2) is 0 Å². The Hall–Kier alpha value is -0.730. The maximum atomic E-state index is 11.1. The molecule has 0 rings (SSSR count). The van der Waals surface area contributed by atoms with Crippen LogP contribution >= 0.6 is 0 Å². The van der Waals surface area contributed by atoms with Gasteiger partial charge in [0.2, 0.25) is 0 Å². The van der Waals surface area contributed by atoms with Crippen molar-refractivity contribution < 1.29 is 4.79 Å². The Morgan fingerprint density at radius 2 is 1.50 bits per heavy atom. The highest BCUT2D eigenvalue weighted by molar-refractivity contribution is 5.73. The summed E-state index contributed by atoms with van der Waals surface area (Å²) in [6, 6.07) is -0.0256. The van der Waals surface area contributed by atoms with E-state index in [2.05, 4.69) is 17.6 Å². The second kappa shape index (κ2) is 10.4. The lowest BCUT2D eigenvalue weighted by molar-refractivity contribution is 0.240. The molecular formula is C11H24N2O. The van der Waals surface area contributed by atoms with Crippen molar-refractivity contribution in [3.05, 3.63) is 0 Å². The summed E-state index contributed by atoms with van der Waals surface area (Å²) >= 11 is 0. The van der Waals surface area contributed by atoms with Crippen molar-refractivity contribution in [1.82, 2.24) is 10.6 Å². The second-order valence-electron chi connectivity index (χ2n) is 3.60. The highest BCUT2D eigenvalue weighted by Crippen LogP contribution is 2.00. The number of rotatable bonds is 8. The topological polar surface area (TPSA) is 41.1 Å². The molecule has 0 heterocycles. The zero-order chi connectivity index (χ0) is 10.6. The van der Waals surface area contributed by atoms with Crippen molar-refractivity contribution in [2.24, 2.45) is 0 Å². The third-order valence-electron chi connectivity index (χ3n) is 2.10. The largest absolute Gasteiger partial charge is 0.338 e. The molecule has 0 saturated carbocycles. The minimum atomic E-state index is -0.0256. The Labute approximate surface area is 87.6 Å². The lowest BCUT2D eigenvalue weighted by Crippen LogP contribution is -2.36. The first kappa shape index (κ1) is 13.3. The number of amides is 2. The Bertz CT molecular complexity index is 137. The molecule has 0 atom stereocenters. The van der Waals surface area contributed by atoms with Crippen LogP contribution in [0.2, 0.25) is 0 Å². The smallest absolute Gasteiger partial charge is 0.314 e. The van der Waals surface area contributed by atoms with Gasteiger partial charge in [-0.25, -0.2) is 4.79 Å². The predicted molar refractivity (Wildman–Crippen MR) is 60.5 cm³/mol. The van der Waals surface area contributed by atoms with E-state index >= 15 is 0 Å². The van der Waals surface area contributed by atoms with Gasteiger partial charge < -0.3 is 10.6 Å². The summed E-state index contributed by atoms with van der Waals surface area (Å²) in [5, 5.41) is 5.63. The lowest BCUT2D eigenvalue weighted by atomic mass is 10.1. The van der Waals surface area contributed by atoms with E-state index < -0.39 is 0 Å².